The fourth-order valence-corrected chi connectivity index (χ4v) is 2.95. The van der Waals surface area contributed by atoms with Crippen molar-refractivity contribution in [2.45, 2.75) is 43.8 Å². The van der Waals surface area contributed by atoms with Crippen LogP contribution in [0.2, 0.25) is 18.1 Å². The van der Waals surface area contributed by atoms with Gasteiger partial charge in [0, 0.05) is 10.7 Å². The van der Waals surface area contributed by atoms with E-state index >= 15 is 0 Å². The van der Waals surface area contributed by atoms with Crippen molar-refractivity contribution in [1.29, 1.82) is 0 Å². The van der Waals surface area contributed by atoms with Gasteiger partial charge in [0.2, 0.25) is 8.32 Å². The molecule has 0 unspecified atom stereocenters. The summed E-state index contributed by atoms with van der Waals surface area (Å²) in [5, 5.41) is 0.0584. The summed E-state index contributed by atoms with van der Waals surface area (Å²) in [6.45, 7) is 10.6. The van der Waals surface area contributed by atoms with E-state index in [1.54, 1.807) is 12.1 Å². The topological polar surface area (TPSA) is 43.4 Å². The molecule has 0 aliphatic heterocycles. The zero-order valence-electron chi connectivity index (χ0n) is 11.3. The van der Waals surface area contributed by atoms with Gasteiger partial charge in [0.05, 0.1) is 4.90 Å². The average Bonchev–Trinajstić information content (AvgIpc) is 2.14. The molecule has 0 aromatic heterocycles. The molecule has 1 aromatic rings. The van der Waals surface area contributed by atoms with E-state index in [2.05, 4.69) is 33.9 Å². The van der Waals surface area contributed by atoms with Crippen molar-refractivity contribution in [2.75, 3.05) is 0 Å². The summed E-state index contributed by atoms with van der Waals surface area (Å²) in [6, 6.07) is 6.33. The summed E-state index contributed by atoms with van der Waals surface area (Å²) in [4.78, 5) is 0.0698. The first kappa shape index (κ1) is 15.5. The van der Waals surface area contributed by atoms with E-state index < -0.39 is 17.4 Å². The molecule has 6 heteroatoms. The van der Waals surface area contributed by atoms with E-state index in [1.165, 1.54) is 12.1 Å². The highest BCUT2D eigenvalue weighted by Gasteiger charge is 2.39. The standard InChI is InChI=1S/C12H19ClO3SSi/c1-12(2,3)18(4,5)16-10-7-6-8-11(9-10)17(13,14)15/h6-9H,1-5H3. The Balaban J connectivity index is 3.08. The maximum Gasteiger partial charge on any atom is 0.261 e. The second-order valence-electron chi connectivity index (χ2n) is 5.78. The van der Waals surface area contributed by atoms with Gasteiger partial charge in [0.15, 0.2) is 0 Å². The second kappa shape index (κ2) is 4.87. The molecule has 0 amide bonds. The van der Waals surface area contributed by atoms with Gasteiger partial charge < -0.3 is 4.43 Å². The molecule has 1 aromatic carbocycles. The van der Waals surface area contributed by atoms with Gasteiger partial charge in [-0.15, -0.1) is 0 Å². The van der Waals surface area contributed by atoms with E-state index in [9.17, 15) is 8.42 Å². The molecule has 0 atom stereocenters. The summed E-state index contributed by atoms with van der Waals surface area (Å²) in [5.74, 6) is 0.559. The summed E-state index contributed by atoms with van der Waals surface area (Å²) in [6.07, 6.45) is 0. The first-order valence-electron chi connectivity index (χ1n) is 5.67. The Morgan fingerprint density at radius 2 is 1.78 bits per heavy atom. The summed E-state index contributed by atoms with van der Waals surface area (Å²) in [5.41, 5.74) is 0. The molecule has 0 saturated carbocycles. The van der Waals surface area contributed by atoms with Crippen LogP contribution in [0.4, 0.5) is 0 Å². The van der Waals surface area contributed by atoms with Gasteiger partial charge in [-0.1, -0.05) is 26.8 Å². The Labute approximate surface area is 115 Å². The third kappa shape index (κ3) is 3.73. The van der Waals surface area contributed by atoms with Crippen LogP contribution in [-0.4, -0.2) is 16.7 Å². The maximum absolute atomic E-state index is 11.3. The molecule has 0 aliphatic rings. The van der Waals surface area contributed by atoms with Crippen molar-refractivity contribution in [2.24, 2.45) is 0 Å². The molecule has 18 heavy (non-hydrogen) atoms. The summed E-state index contributed by atoms with van der Waals surface area (Å²) in [7, 11) is -0.355. The van der Waals surface area contributed by atoms with Crippen LogP contribution in [0.15, 0.2) is 29.2 Å². The zero-order valence-corrected chi connectivity index (χ0v) is 13.9. The fourth-order valence-electron chi connectivity index (χ4n) is 1.14. The molecule has 0 aliphatic carbocycles. The SMILES string of the molecule is CC(C)(C)[Si](C)(C)Oc1cccc(S(=O)(=O)Cl)c1. The highest BCUT2D eigenvalue weighted by atomic mass is 35.7. The molecule has 0 heterocycles. The van der Waals surface area contributed by atoms with Crippen LogP contribution in [0.25, 0.3) is 0 Å². The Morgan fingerprint density at radius 3 is 2.22 bits per heavy atom. The van der Waals surface area contributed by atoms with E-state index in [0.29, 0.717) is 5.75 Å². The lowest BCUT2D eigenvalue weighted by Crippen LogP contribution is -2.43. The Morgan fingerprint density at radius 1 is 1.22 bits per heavy atom. The van der Waals surface area contributed by atoms with Crippen LogP contribution in [-0.2, 0) is 9.05 Å². The largest absolute Gasteiger partial charge is 0.543 e. The highest BCUT2D eigenvalue weighted by molar-refractivity contribution is 8.13. The minimum absolute atomic E-state index is 0.0584. The van der Waals surface area contributed by atoms with Crippen molar-refractivity contribution in [3.63, 3.8) is 0 Å². The van der Waals surface area contributed by atoms with Gasteiger partial charge in [-0.25, -0.2) is 8.42 Å². The Bertz CT molecular complexity index is 532. The molecule has 3 nitrogen and oxygen atoms in total. The predicted molar refractivity (Wildman–Crippen MR) is 77.3 cm³/mol. The fraction of sp³-hybridized carbons (Fsp3) is 0.500. The summed E-state index contributed by atoms with van der Waals surface area (Å²) < 4.78 is 28.6. The quantitative estimate of drug-likeness (QED) is 0.626. The lowest BCUT2D eigenvalue weighted by molar-refractivity contribution is 0.491. The maximum atomic E-state index is 11.3. The normalized spacial score (nSPS) is 13.4. The van der Waals surface area contributed by atoms with Gasteiger partial charge in [-0.2, -0.15) is 0 Å². The van der Waals surface area contributed by atoms with E-state index in [0.717, 1.165) is 0 Å². The molecule has 0 saturated heterocycles. The number of rotatable bonds is 3. The molecule has 0 radical (unpaired) electrons. The third-order valence-electron chi connectivity index (χ3n) is 3.27. The Kier molecular flexibility index (Phi) is 4.20. The molecule has 102 valence electrons. The molecule has 0 fully saturated rings. The van der Waals surface area contributed by atoms with Crippen LogP contribution in [0.1, 0.15) is 20.8 Å². The monoisotopic (exact) mass is 306 g/mol. The van der Waals surface area contributed by atoms with E-state index in [1.807, 2.05) is 0 Å². The zero-order chi connectivity index (χ0) is 14.2. The van der Waals surface area contributed by atoms with Crippen molar-refractivity contribution in [1.82, 2.24) is 0 Å². The van der Waals surface area contributed by atoms with E-state index in [4.69, 9.17) is 15.1 Å². The Hall–Kier alpha value is -0.523. The molecular formula is C12H19ClO3SSi. The van der Waals surface area contributed by atoms with Crippen LogP contribution in [0.5, 0.6) is 5.75 Å². The first-order chi connectivity index (χ1) is 7.93. The lowest BCUT2D eigenvalue weighted by Gasteiger charge is -2.36. The number of hydrogen-bond acceptors (Lipinski definition) is 3. The van der Waals surface area contributed by atoms with Crippen LogP contribution in [0, 0.1) is 0 Å². The highest BCUT2D eigenvalue weighted by Crippen LogP contribution is 2.37. The van der Waals surface area contributed by atoms with Crippen LogP contribution in [0.3, 0.4) is 0 Å². The van der Waals surface area contributed by atoms with Crippen LogP contribution >= 0.6 is 10.7 Å². The number of benzene rings is 1. The average molecular weight is 307 g/mol. The van der Waals surface area contributed by atoms with Gasteiger partial charge in [0.1, 0.15) is 5.75 Å². The predicted octanol–water partition coefficient (Wildman–Crippen LogP) is 4.00. The van der Waals surface area contributed by atoms with Crippen LogP contribution < -0.4 is 4.43 Å². The van der Waals surface area contributed by atoms with Crippen molar-refractivity contribution in [3.8, 4) is 5.75 Å². The number of halogens is 1. The minimum Gasteiger partial charge on any atom is -0.543 e. The van der Waals surface area contributed by atoms with Gasteiger partial charge in [-0.05, 0) is 36.3 Å². The van der Waals surface area contributed by atoms with Crippen molar-refractivity contribution in [3.05, 3.63) is 24.3 Å². The smallest absolute Gasteiger partial charge is 0.261 e. The second-order valence-corrected chi connectivity index (χ2v) is 13.1. The lowest BCUT2D eigenvalue weighted by atomic mass is 10.2. The van der Waals surface area contributed by atoms with Crippen molar-refractivity contribution >= 4 is 28.1 Å². The first-order valence-corrected chi connectivity index (χ1v) is 10.9. The molecule has 1 rings (SSSR count). The van der Waals surface area contributed by atoms with Gasteiger partial charge >= 0.3 is 0 Å². The molecule has 0 spiro atoms. The summed E-state index contributed by atoms with van der Waals surface area (Å²) >= 11 is 0. The minimum atomic E-state index is -3.71. The van der Waals surface area contributed by atoms with Gasteiger partial charge in [-0.3, -0.25) is 0 Å². The molecule has 0 bridgehead atoms. The van der Waals surface area contributed by atoms with E-state index in [-0.39, 0.29) is 9.93 Å². The van der Waals surface area contributed by atoms with Crippen molar-refractivity contribution < 1.29 is 12.8 Å². The molecule has 0 N–H and O–H groups in total. The van der Waals surface area contributed by atoms with Gasteiger partial charge in [0.25, 0.3) is 9.05 Å². The third-order valence-corrected chi connectivity index (χ3v) is 8.98. The number of hydrogen-bond donors (Lipinski definition) is 0. The molecular weight excluding hydrogens is 288 g/mol.